The highest BCUT2D eigenvalue weighted by atomic mass is 16.5. The number of amides is 3. The van der Waals surface area contributed by atoms with E-state index < -0.39 is 0 Å². The average molecular weight is 412 g/mol. The van der Waals surface area contributed by atoms with Crippen LogP contribution in [0.3, 0.4) is 0 Å². The van der Waals surface area contributed by atoms with Gasteiger partial charge in [-0.1, -0.05) is 12.1 Å². The van der Waals surface area contributed by atoms with E-state index in [2.05, 4.69) is 16.0 Å². The van der Waals surface area contributed by atoms with Gasteiger partial charge in [-0.2, -0.15) is 0 Å². The first kappa shape index (κ1) is 21.6. The molecule has 0 bridgehead atoms. The molecule has 1 aliphatic rings. The van der Waals surface area contributed by atoms with Crippen LogP contribution in [0.4, 0.5) is 10.5 Å². The average Bonchev–Trinajstić information content (AvgIpc) is 3.25. The smallest absolute Gasteiger partial charge is 0.319 e. The van der Waals surface area contributed by atoms with Gasteiger partial charge >= 0.3 is 6.03 Å². The molecule has 1 unspecified atom stereocenters. The van der Waals surface area contributed by atoms with Gasteiger partial charge in [-0.3, -0.25) is 4.79 Å². The fourth-order valence-electron chi connectivity index (χ4n) is 3.09. The second kappa shape index (κ2) is 10.6. The number of hydrogen-bond acceptors (Lipinski definition) is 4. The Morgan fingerprint density at radius 3 is 2.47 bits per heavy atom. The van der Waals surface area contributed by atoms with Crippen LogP contribution in [0.15, 0.2) is 48.5 Å². The summed E-state index contributed by atoms with van der Waals surface area (Å²) >= 11 is 0. The highest BCUT2D eigenvalue weighted by Crippen LogP contribution is 2.17. The van der Waals surface area contributed by atoms with Crippen molar-refractivity contribution >= 4 is 17.6 Å². The minimum atomic E-state index is -0.241. The number of ether oxygens (including phenoxy) is 2. The van der Waals surface area contributed by atoms with E-state index in [1.54, 1.807) is 24.3 Å². The molecule has 1 fully saturated rings. The van der Waals surface area contributed by atoms with Gasteiger partial charge in [-0.15, -0.1) is 0 Å². The van der Waals surface area contributed by atoms with Gasteiger partial charge in [0, 0.05) is 30.4 Å². The molecule has 7 nitrogen and oxygen atoms in total. The second-order valence-electron chi connectivity index (χ2n) is 7.60. The number of nitrogens with one attached hydrogen (secondary N) is 3. The minimum absolute atomic E-state index is 0.0708. The van der Waals surface area contributed by atoms with Crippen molar-refractivity contribution in [1.29, 1.82) is 0 Å². The molecule has 3 N–H and O–H groups in total. The molecule has 2 aromatic rings. The van der Waals surface area contributed by atoms with E-state index in [9.17, 15) is 9.59 Å². The third-order valence-corrected chi connectivity index (χ3v) is 4.66. The third-order valence-electron chi connectivity index (χ3n) is 4.66. The molecule has 7 heteroatoms. The Morgan fingerprint density at radius 1 is 1.10 bits per heavy atom. The zero-order valence-electron chi connectivity index (χ0n) is 17.4. The molecule has 0 spiro atoms. The van der Waals surface area contributed by atoms with Crippen molar-refractivity contribution in [3.63, 3.8) is 0 Å². The SMILES string of the molecule is CC(C)NC(=O)Nc1ccc(CNC(=O)c2ccc(OCC3CCCO3)cc2)cc1. The van der Waals surface area contributed by atoms with Crippen molar-refractivity contribution in [2.75, 3.05) is 18.5 Å². The molecule has 2 aromatic carbocycles. The lowest BCUT2D eigenvalue weighted by Gasteiger charge is -2.12. The Morgan fingerprint density at radius 2 is 1.83 bits per heavy atom. The van der Waals surface area contributed by atoms with Gasteiger partial charge in [-0.05, 0) is 68.7 Å². The van der Waals surface area contributed by atoms with Crippen LogP contribution in [0.5, 0.6) is 5.75 Å². The van der Waals surface area contributed by atoms with Crippen LogP contribution in [0, 0.1) is 0 Å². The first-order chi connectivity index (χ1) is 14.5. The molecule has 3 rings (SSSR count). The van der Waals surface area contributed by atoms with Crippen molar-refractivity contribution in [2.45, 2.75) is 45.4 Å². The van der Waals surface area contributed by atoms with Crippen molar-refractivity contribution in [1.82, 2.24) is 10.6 Å². The topological polar surface area (TPSA) is 88.7 Å². The van der Waals surface area contributed by atoms with E-state index in [1.165, 1.54) is 0 Å². The van der Waals surface area contributed by atoms with Gasteiger partial charge in [-0.25, -0.2) is 4.79 Å². The summed E-state index contributed by atoms with van der Waals surface area (Å²) in [6, 6.07) is 14.3. The highest BCUT2D eigenvalue weighted by molar-refractivity contribution is 5.94. The van der Waals surface area contributed by atoms with Crippen LogP contribution in [0.2, 0.25) is 0 Å². The molecule has 1 atom stereocenters. The second-order valence-corrected chi connectivity index (χ2v) is 7.60. The van der Waals surface area contributed by atoms with Gasteiger partial charge in [0.05, 0.1) is 6.10 Å². The third kappa shape index (κ3) is 6.77. The quantitative estimate of drug-likeness (QED) is 0.618. The maximum atomic E-state index is 12.4. The molecule has 3 amide bonds. The number of hydrogen-bond donors (Lipinski definition) is 3. The van der Waals surface area contributed by atoms with Crippen LogP contribution in [0.25, 0.3) is 0 Å². The fraction of sp³-hybridized carbons (Fsp3) is 0.391. The Bertz CT molecular complexity index is 829. The summed E-state index contributed by atoms with van der Waals surface area (Å²) in [6.45, 7) is 5.54. The van der Waals surface area contributed by atoms with Crippen molar-refractivity contribution < 1.29 is 19.1 Å². The summed E-state index contributed by atoms with van der Waals surface area (Å²) < 4.78 is 11.3. The fourth-order valence-corrected chi connectivity index (χ4v) is 3.09. The summed E-state index contributed by atoms with van der Waals surface area (Å²) in [5.74, 6) is 0.575. The van der Waals surface area contributed by atoms with Crippen LogP contribution in [0.1, 0.15) is 42.6 Å². The number of rotatable bonds is 8. The standard InChI is InChI=1S/C23H29N3O4/c1-16(2)25-23(28)26-19-9-5-17(6-10-19)14-24-22(27)18-7-11-20(12-8-18)30-15-21-4-3-13-29-21/h5-12,16,21H,3-4,13-15H2,1-2H3,(H,24,27)(H2,25,26,28). The summed E-state index contributed by atoms with van der Waals surface area (Å²) in [6.07, 6.45) is 2.28. The number of carbonyl (C=O) groups excluding carboxylic acids is 2. The maximum Gasteiger partial charge on any atom is 0.319 e. The predicted molar refractivity (Wildman–Crippen MR) is 116 cm³/mol. The van der Waals surface area contributed by atoms with Crippen molar-refractivity contribution in [3.05, 3.63) is 59.7 Å². The number of carbonyl (C=O) groups is 2. The lowest BCUT2D eigenvalue weighted by Crippen LogP contribution is -2.34. The number of anilines is 1. The molecule has 0 aromatic heterocycles. The van der Waals surface area contributed by atoms with E-state index in [0.717, 1.165) is 30.8 Å². The van der Waals surface area contributed by atoms with E-state index in [1.807, 2.05) is 38.1 Å². The molecule has 0 radical (unpaired) electrons. The van der Waals surface area contributed by atoms with E-state index in [0.29, 0.717) is 24.4 Å². The van der Waals surface area contributed by atoms with Crippen LogP contribution < -0.4 is 20.7 Å². The molecule has 30 heavy (non-hydrogen) atoms. The highest BCUT2D eigenvalue weighted by Gasteiger charge is 2.16. The molecule has 0 saturated carbocycles. The summed E-state index contributed by atoms with van der Waals surface area (Å²) in [4.78, 5) is 24.1. The molecular formula is C23H29N3O4. The normalized spacial score (nSPS) is 15.6. The molecule has 1 heterocycles. The molecule has 0 aliphatic carbocycles. The summed E-state index contributed by atoms with van der Waals surface area (Å²) in [5, 5.41) is 8.43. The zero-order chi connectivity index (χ0) is 21.3. The Kier molecular flexibility index (Phi) is 7.68. The molecule has 1 saturated heterocycles. The van der Waals surface area contributed by atoms with E-state index >= 15 is 0 Å². The summed E-state index contributed by atoms with van der Waals surface area (Å²) in [7, 11) is 0. The Hall–Kier alpha value is -3.06. The first-order valence-electron chi connectivity index (χ1n) is 10.3. The summed E-state index contributed by atoms with van der Waals surface area (Å²) in [5.41, 5.74) is 2.21. The van der Waals surface area contributed by atoms with Gasteiger partial charge in [0.25, 0.3) is 5.91 Å². The number of benzene rings is 2. The molecular weight excluding hydrogens is 382 g/mol. The first-order valence-corrected chi connectivity index (χ1v) is 10.3. The molecule has 160 valence electrons. The predicted octanol–water partition coefficient (Wildman–Crippen LogP) is 3.70. The van der Waals surface area contributed by atoms with E-state index in [-0.39, 0.29) is 24.1 Å². The van der Waals surface area contributed by atoms with Crippen LogP contribution in [-0.4, -0.2) is 37.3 Å². The lowest BCUT2D eigenvalue weighted by atomic mass is 10.1. The Labute approximate surface area is 177 Å². The largest absolute Gasteiger partial charge is 0.491 e. The lowest BCUT2D eigenvalue weighted by molar-refractivity contribution is 0.0679. The minimum Gasteiger partial charge on any atom is -0.491 e. The van der Waals surface area contributed by atoms with Gasteiger partial charge in [0.15, 0.2) is 0 Å². The Balaban J connectivity index is 1.43. The maximum absolute atomic E-state index is 12.4. The van der Waals surface area contributed by atoms with E-state index in [4.69, 9.17) is 9.47 Å². The van der Waals surface area contributed by atoms with Gasteiger partial charge in [0.2, 0.25) is 0 Å². The van der Waals surface area contributed by atoms with Gasteiger partial charge in [0.1, 0.15) is 12.4 Å². The van der Waals surface area contributed by atoms with Crippen LogP contribution in [-0.2, 0) is 11.3 Å². The van der Waals surface area contributed by atoms with Crippen molar-refractivity contribution in [3.8, 4) is 5.75 Å². The van der Waals surface area contributed by atoms with Gasteiger partial charge < -0.3 is 25.4 Å². The van der Waals surface area contributed by atoms with Crippen LogP contribution >= 0.6 is 0 Å². The monoisotopic (exact) mass is 411 g/mol. The number of urea groups is 1. The van der Waals surface area contributed by atoms with Crippen molar-refractivity contribution in [2.24, 2.45) is 0 Å². The zero-order valence-corrected chi connectivity index (χ0v) is 17.4. The molecule has 1 aliphatic heterocycles.